The van der Waals surface area contributed by atoms with Gasteiger partial charge in [-0.1, -0.05) is 13.0 Å². The molecular formula is C13H17N3O2. The maximum absolute atomic E-state index is 10.7. The molecule has 2 heterocycles. The number of fused-ring (bicyclic) bond motifs is 1. The predicted molar refractivity (Wildman–Crippen MR) is 68.5 cm³/mol. The van der Waals surface area contributed by atoms with E-state index in [4.69, 9.17) is 5.11 Å². The average Bonchev–Trinajstić information content (AvgIpc) is 2.71. The molecule has 0 radical (unpaired) electrons. The van der Waals surface area contributed by atoms with Gasteiger partial charge in [-0.2, -0.15) is 0 Å². The van der Waals surface area contributed by atoms with Gasteiger partial charge in [0.1, 0.15) is 5.65 Å². The first kappa shape index (κ1) is 12.6. The Hall–Kier alpha value is -1.88. The summed E-state index contributed by atoms with van der Waals surface area (Å²) in [6.07, 6.45) is 3.90. The lowest BCUT2D eigenvalue weighted by Gasteiger charge is -2.15. The molecule has 0 saturated carbocycles. The van der Waals surface area contributed by atoms with Crippen molar-refractivity contribution in [2.45, 2.75) is 20.4 Å². The Morgan fingerprint density at radius 2 is 2.33 bits per heavy atom. The minimum absolute atomic E-state index is 0.0450. The highest BCUT2D eigenvalue weighted by molar-refractivity contribution is 5.69. The number of carboxylic acids is 1. The molecule has 0 atom stereocenters. The van der Waals surface area contributed by atoms with Crippen LogP contribution in [0.3, 0.4) is 0 Å². The second-order valence-electron chi connectivity index (χ2n) is 4.35. The first-order valence-electron chi connectivity index (χ1n) is 5.97. The SMILES string of the molecule is CCN(CC(=O)O)Cc1cn2cccc(C)c2n1. The van der Waals surface area contributed by atoms with E-state index in [1.807, 2.05) is 47.7 Å². The fourth-order valence-electron chi connectivity index (χ4n) is 1.98. The number of hydrogen-bond donors (Lipinski definition) is 1. The first-order valence-corrected chi connectivity index (χ1v) is 5.97. The van der Waals surface area contributed by atoms with E-state index in [1.165, 1.54) is 0 Å². The van der Waals surface area contributed by atoms with Crippen LogP contribution in [0.1, 0.15) is 18.2 Å². The zero-order valence-corrected chi connectivity index (χ0v) is 10.6. The molecule has 2 rings (SSSR count). The number of imidazole rings is 1. The van der Waals surface area contributed by atoms with Crippen LogP contribution in [-0.4, -0.2) is 38.4 Å². The minimum atomic E-state index is -0.809. The number of carboxylic acid groups (broad SMARTS) is 1. The lowest BCUT2D eigenvalue weighted by atomic mass is 10.3. The van der Waals surface area contributed by atoms with Gasteiger partial charge in [-0.05, 0) is 25.1 Å². The fraction of sp³-hybridized carbons (Fsp3) is 0.385. The lowest BCUT2D eigenvalue weighted by molar-refractivity contribution is -0.138. The van der Waals surface area contributed by atoms with E-state index < -0.39 is 5.97 Å². The summed E-state index contributed by atoms with van der Waals surface area (Å²) in [5.74, 6) is -0.809. The molecule has 5 nitrogen and oxygen atoms in total. The molecule has 2 aromatic heterocycles. The van der Waals surface area contributed by atoms with Gasteiger partial charge in [0, 0.05) is 18.9 Å². The highest BCUT2D eigenvalue weighted by atomic mass is 16.4. The largest absolute Gasteiger partial charge is 0.480 e. The molecule has 0 aliphatic rings. The molecule has 96 valence electrons. The van der Waals surface area contributed by atoms with Crippen LogP contribution in [0.4, 0.5) is 0 Å². The third kappa shape index (κ3) is 2.68. The highest BCUT2D eigenvalue weighted by Crippen LogP contribution is 2.11. The van der Waals surface area contributed by atoms with Crippen molar-refractivity contribution in [1.29, 1.82) is 0 Å². The number of hydrogen-bond acceptors (Lipinski definition) is 3. The van der Waals surface area contributed by atoms with E-state index in [2.05, 4.69) is 4.98 Å². The van der Waals surface area contributed by atoms with Gasteiger partial charge in [-0.25, -0.2) is 4.98 Å². The van der Waals surface area contributed by atoms with Crippen LogP contribution in [0, 0.1) is 6.92 Å². The summed E-state index contributed by atoms with van der Waals surface area (Å²) >= 11 is 0. The summed E-state index contributed by atoms with van der Waals surface area (Å²) < 4.78 is 1.97. The summed E-state index contributed by atoms with van der Waals surface area (Å²) in [4.78, 5) is 17.1. The molecular weight excluding hydrogens is 230 g/mol. The Balaban J connectivity index is 2.21. The van der Waals surface area contributed by atoms with Crippen molar-refractivity contribution in [2.24, 2.45) is 0 Å². The van der Waals surface area contributed by atoms with E-state index in [9.17, 15) is 4.79 Å². The second kappa shape index (κ2) is 5.18. The molecule has 1 N–H and O–H groups in total. The van der Waals surface area contributed by atoms with Crippen LogP contribution in [0.25, 0.3) is 5.65 Å². The van der Waals surface area contributed by atoms with Crippen molar-refractivity contribution in [3.8, 4) is 0 Å². The molecule has 18 heavy (non-hydrogen) atoms. The van der Waals surface area contributed by atoms with Crippen LogP contribution in [-0.2, 0) is 11.3 Å². The van der Waals surface area contributed by atoms with Crippen LogP contribution in [0.15, 0.2) is 24.5 Å². The number of rotatable bonds is 5. The molecule has 0 unspecified atom stereocenters. The monoisotopic (exact) mass is 247 g/mol. The fourth-order valence-corrected chi connectivity index (χ4v) is 1.98. The quantitative estimate of drug-likeness (QED) is 0.871. The summed E-state index contributed by atoms with van der Waals surface area (Å²) in [6.45, 7) is 5.26. The Morgan fingerprint density at radius 3 is 2.94 bits per heavy atom. The Kier molecular flexibility index (Phi) is 3.62. The molecule has 0 aliphatic carbocycles. The number of nitrogens with zero attached hydrogens (tertiary/aromatic N) is 3. The Morgan fingerprint density at radius 1 is 1.56 bits per heavy atom. The zero-order chi connectivity index (χ0) is 13.1. The van der Waals surface area contributed by atoms with Gasteiger partial charge in [0.2, 0.25) is 0 Å². The van der Waals surface area contributed by atoms with Crippen molar-refractivity contribution in [3.05, 3.63) is 35.8 Å². The van der Waals surface area contributed by atoms with E-state index in [0.29, 0.717) is 13.1 Å². The molecule has 2 aromatic rings. The zero-order valence-electron chi connectivity index (χ0n) is 10.6. The smallest absolute Gasteiger partial charge is 0.317 e. The average molecular weight is 247 g/mol. The highest BCUT2D eigenvalue weighted by Gasteiger charge is 2.11. The van der Waals surface area contributed by atoms with Gasteiger partial charge < -0.3 is 9.51 Å². The first-order chi connectivity index (χ1) is 8.60. The third-order valence-corrected chi connectivity index (χ3v) is 2.92. The molecule has 5 heteroatoms. The van der Waals surface area contributed by atoms with Crippen molar-refractivity contribution >= 4 is 11.6 Å². The van der Waals surface area contributed by atoms with Gasteiger partial charge in [0.15, 0.2) is 0 Å². The van der Waals surface area contributed by atoms with E-state index in [1.54, 1.807) is 0 Å². The summed E-state index contributed by atoms with van der Waals surface area (Å²) in [5, 5.41) is 8.81. The maximum atomic E-state index is 10.7. The van der Waals surface area contributed by atoms with E-state index >= 15 is 0 Å². The van der Waals surface area contributed by atoms with Gasteiger partial charge in [-0.3, -0.25) is 9.69 Å². The maximum Gasteiger partial charge on any atom is 0.317 e. The van der Waals surface area contributed by atoms with Gasteiger partial charge >= 0.3 is 5.97 Å². The van der Waals surface area contributed by atoms with Crippen molar-refractivity contribution in [1.82, 2.24) is 14.3 Å². The minimum Gasteiger partial charge on any atom is -0.480 e. The van der Waals surface area contributed by atoms with Crippen molar-refractivity contribution in [2.75, 3.05) is 13.1 Å². The number of carbonyl (C=O) groups is 1. The van der Waals surface area contributed by atoms with Crippen LogP contribution < -0.4 is 0 Å². The van der Waals surface area contributed by atoms with E-state index in [0.717, 1.165) is 16.9 Å². The number of aryl methyl sites for hydroxylation is 1. The summed E-state index contributed by atoms with van der Waals surface area (Å²) in [5.41, 5.74) is 2.94. The third-order valence-electron chi connectivity index (χ3n) is 2.92. The molecule has 0 aliphatic heterocycles. The van der Waals surface area contributed by atoms with Crippen molar-refractivity contribution < 1.29 is 9.90 Å². The molecule has 0 aromatic carbocycles. The molecule has 0 spiro atoms. The van der Waals surface area contributed by atoms with Gasteiger partial charge in [0.05, 0.1) is 12.2 Å². The molecule has 0 amide bonds. The number of aromatic nitrogens is 2. The standard InChI is InChI=1S/C13H17N3O2/c1-3-15(9-12(17)18)7-11-8-16-6-4-5-10(2)13(16)14-11/h4-6,8H,3,7,9H2,1-2H3,(H,17,18). The topological polar surface area (TPSA) is 57.8 Å². The van der Waals surface area contributed by atoms with E-state index in [-0.39, 0.29) is 6.54 Å². The van der Waals surface area contributed by atoms with Crippen LogP contribution >= 0.6 is 0 Å². The predicted octanol–water partition coefficient (Wildman–Crippen LogP) is 1.55. The number of aliphatic carboxylic acids is 1. The molecule has 0 saturated heterocycles. The number of pyridine rings is 1. The Bertz CT molecular complexity index is 562. The summed E-state index contributed by atoms with van der Waals surface area (Å²) in [7, 11) is 0. The molecule has 0 fully saturated rings. The number of likely N-dealkylation sites (N-methyl/N-ethyl adjacent to an activating group) is 1. The lowest BCUT2D eigenvalue weighted by Crippen LogP contribution is -2.29. The van der Waals surface area contributed by atoms with Crippen LogP contribution in [0.2, 0.25) is 0 Å². The Labute approximate surface area is 106 Å². The van der Waals surface area contributed by atoms with Crippen molar-refractivity contribution in [3.63, 3.8) is 0 Å². The van der Waals surface area contributed by atoms with Gasteiger partial charge in [-0.15, -0.1) is 0 Å². The summed E-state index contributed by atoms with van der Waals surface area (Å²) in [6, 6.07) is 3.99. The van der Waals surface area contributed by atoms with Crippen LogP contribution in [0.5, 0.6) is 0 Å². The molecule has 0 bridgehead atoms. The van der Waals surface area contributed by atoms with Gasteiger partial charge in [0.25, 0.3) is 0 Å². The second-order valence-corrected chi connectivity index (χ2v) is 4.35. The normalized spacial score (nSPS) is 11.3.